The molecule has 1 amide bonds. The Balaban J connectivity index is 1.48. The van der Waals surface area contributed by atoms with Crippen molar-refractivity contribution in [1.29, 1.82) is 0 Å². The number of nitrogens with zero attached hydrogens (tertiary/aromatic N) is 1. The van der Waals surface area contributed by atoms with Crippen LogP contribution in [-0.4, -0.2) is 55.9 Å². The minimum absolute atomic E-state index is 0.0863. The fourth-order valence-corrected chi connectivity index (χ4v) is 3.83. The monoisotopic (exact) mass is 419 g/mol. The number of ether oxygens (including phenoxy) is 3. The van der Waals surface area contributed by atoms with E-state index >= 15 is 0 Å². The zero-order chi connectivity index (χ0) is 20.8. The van der Waals surface area contributed by atoms with E-state index in [9.17, 15) is 14.4 Å². The van der Waals surface area contributed by atoms with Crippen LogP contribution >= 0.6 is 11.8 Å². The van der Waals surface area contributed by atoms with Crippen LogP contribution in [0, 0.1) is 0 Å². The third-order valence-electron chi connectivity index (χ3n) is 4.34. The van der Waals surface area contributed by atoms with Crippen molar-refractivity contribution >= 4 is 40.6 Å². The number of hydrogen-bond donors (Lipinski definition) is 0. The van der Waals surface area contributed by atoms with Gasteiger partial charge in [-0.15, -0.1) is 0 Å². The average Bonchev–Trinajstić information content (AvgIpc) is 3.28. The van der Waals surface area contributed by atoms with Crippen molar-refractivity contribution in [2.24, 2.45) is 0 Å². The van der Waals surface area contributed by atoms with Crippen LogP contribution in [-0.2, 0) is 30.3 Å². The summed E-state index contributed by atoms with van der Waals surface area (Å²) in [6, 6.07) is 5.40. The number of hydrogen-bond acceptors (Lipinski definition) is 8. The highest BCUT2D eigenvalue weighted by atomic mass is 32.2. The quantitative estimate of drug-likeness (QED) is 0.366. The molecule has 29 heavy (non-hydrogen) atoms. The molecule has 154 valence electrons. The van der Waals surface area contributed by atoms with Gasteiger partial charge in [0.15, 0.2) is 0 Å². The number of methoxy groups -OCH3 is 2. The molecule has 0 spiro atoms. The standard InChI is InChI=1S/C20H21NO7S/c1-25-14-4-5-15-13(11-28-16(15)9-14)8-20(24)27-7-3-6-21-17(22)12-29-18(21)10-19(23)26-2/h4-5,9-11H,3,6-8,12H2,1-2H3/b18-10+. The van der Waals surface area contributed by atoms with Crippen LogP contribution in [0.3, 0.4) is 0 Å². The third-order valence-corrected chi connectivity index (χ3v) is 5.37. The van der Waals surface area contributed by atoms with Crippen molar-refractivity contribution in [2.45, 2.75) is 12.8 Å². The van der Waals surface area contributed by atoms with Gasteiger partial charge in [-0.05, 0) is 18.6 Å². The number of carbonyl (C=O) groups excluding carboxylic acids is 3. The summed E-state index contributed by atoms with van der Waals surface area (Å²) in [7, 11) is 2.86. The van der Waals surface area contributed by atoms with Gasteiger partial charge in [-0.25, -0.2) is 4.79 Å². The first-order valence-electron chi connectivity index (χ1n) is 8.94. The third kappa shape index (κ3) is 5.11. The second kappa shape index (κ2) is 9.51. The molecule has 3 rings (SSSR count). The highest BCUT2D eigenvalue weighted by Crippen LogP contribution is 2.29. The Morgan fingerprint density at radius 3 is 2.90 bits per heavy atom. The Morgan fingerprint density at radius 2 is 2.14 bits per heavy atom. The molecule has 0 atom stereocenters. The molecule has 1 aromatic heterocycles. The molecule has 0 unspecified atom stereocenters. The summed E-state index contributed by atoms with van der Waals surface area (Å²) in [5.74, 6) is -0.0198. The fourth-order valence-electron chi connectivity index (χ4n) is 2.87. The molecular weight excluding hydrogens is 398 g/mol. The normalized spacial score (nSPS) is 15.2. The zero-order valence-electron chi connectivity index (χ0n) is 16.1. The Hall–Kier alpha value is -2.94. The van der Waals surface area contributed by atoms with Crippen molar-refractivity contribution in [3.63, 3.8) is 0 Å². The number of benzene rings is 1. The molecule has 1 aliphatic rings. The minimum Gasteiger partial charge on any atom is -0.497 e. The van der Waals surface area contributed by atoms with Crippen molar-refractivity contribution in [3.8, 4) is 5.75 Å². The summed E-state index contributed by atoms with van der Waals surface area (Å²) >= 11 is 1.28. The van der Waals surface area contributed by atoms with Crippen molar-refractivity contribution in [3.05, 3.63) is 41.1 Å². The fraction of sp³-hybridized carbons (Fsp3) is 0.350. The average molecular weight is 419 g/mol. The van der Waals surface area contributed by atoms with E-state index < -0.39 is 5.97 Å². The van der Waals surface area contributed by atoms with E-state index in [-0.39, 0.29) is 30.7 Å². The Labute approximate surface area is 171 Å². The van der Waals surface area contributed by atoms with Gasteiger partial charge in [0.25, 0.3) is 0 Å². The van der Waals surface area contributed by atoms with E-state index in [0.717, 1.165) is 10.9 Å². The summed E-state index contributed by atoms with van der Waals surface area (Å²) in [5, 5.41) is 1.38. The Morgan fingerprint density at radius 1 is 1.31 bits per heavy atom. The molecule has 0 radical (unpaired) electrons. The van der Waals surface area contributed by atoms with E-state index in [1.807, 2.05) is 6.07 Å². The van der Waals surface area contributed by atoms with Crippen LogP contribution in [0.2, 0.25) is 0 Å². The molecule has 1 fully saturated rings. The SMILES string of the molecule is COC(=O)/C=C1/SCC(=O)N1CCCOC(=O)Cc1coc2cc(OC)ccc12. The van der Waals surface area contributed by atoms with Crippen LogP contribution in [0.1, 0.15) is 12.0 Å². The second-order valence-corrected chi connectivity index (χ2v) is 7.21. The maximum absolute atomic E-state index is 12.1. The molecule has 0 N–H and O–H groups in total. The number of thioether (sulfide) groups is 1. The maximum atomic E-state index is 12.1. The molecule has 8 nitrogen and oxygen atoms in total. The van der Waals surface area contributed by atoms with Crippen LogP contribution in [0.25, 0.3) is 11.0 Å². The lowest BCUT2D eigenvalue weighted by atomic mass is 10.1. The first-order chi connectivity index (χ1) is 14.0. The lowest BCUT2D eigenvalue weighted by molar-refractivity contribution is -0.143. The largest absolute Gasteiger partial charge is 0.497 e. The molecule has 1 aliphatic heterocycles. The predicted octanol–water partition coefficient (Wildman–Crippen LogP) is 2.51. The molecule has 2 aromatic rings. The summed E-state index contributed by atoms with van der Waals surface area (Å²) in [6.07, 6.45) is 3.38. The van der Waals surface area contributed by atoms with Gasteiger partial charge in [-0.1, -0.05) is 11.8 Å². The Kier molecular flexibility index (Phi) is 6.82. The lowest BCUT2D eigenvalue weighted by Gasteiger charge is -2.16. The molecule has 0 saturated carbocycles. The van der Waals surface area contributed by atoms with Gasteiger partial charge >= 0.3 is 11.9 Å². The van der Waals surface area contributed by atoms with E-state index in [1.165, 1.54) is 36.1 Å². The highest BCUT2D eigenvalue weighted by Gasteiger charge is 2.27. The summed E-state index contributed by atoms with van der Waals surface area (Å²) < 4.78 is 20.5. The molecule has 1 aromatic carbocycles. The van der Waals surface area contributed by atoms with Crippen LogP contribution in [0.4, 0.5) is 0 Å². The molecule has 2 heterocycles. The molecule has 0 bridgehead atoms. The van der Waals surface area contributed by atoms with Gasteiger partial charge in [0.05, 0.1) is 50.4 Å². The van der Waals surface area contributed by atoms with Crippen LogP contribution in [0.15, 0.2) is 40.0 Å². The van der Waals surface area contributed by atoms with Gasteiger partial charge in [-0.2, -0.15) is 0 Å². The van der Waals surface area contributed by atoms with Gasteiger partial charge in [0.2, 0.25) is 5.91 Å². The number of amides is 1. The topological polar surface area (TPSA) is 95.3 Å². The zero-order valence-corrected chi connectivity index (χ0v) is 17.0. The van der Waals surface area contributed by atoms with Gasteiger partial charge in [0.1, 0.15) is 11.3 Å². The minimum atomic E-state index is -0.511. The van der Waals surface area contributed by atoms with E-state index in [4.69, 9.17) is 13.9 Å². The van der Waals surface area contributed by atoms with E-state index in [0.29, 0.717) is 29.3 Å². The van der Waals surface area contributed by atoms with Crippen LogP contribution < -0.4 is 4.74 Å². The molecule has 9 heteroatoms. The first kappa shape index (κ1) is 20.8. The number of carbonyl (C=O) groups is 3. The van der Waals surface area contributed by atoms with E-state index in [2.05, 4.69) is 4.74 Å². The van der Waals surface area contributed by atoms with Crippen molar-refractivity contribution in [2.75, 3.05) is 33.1 Å². The van der Waals surface area contributed by atoms with Gasteiger partial charge in [-0.3, -0.25) is 9.59 Å². The Bertz CT molecular complexity index is 949. The summed E-state index contributed by atoms with van der Waals surface area (Å²) in [5.41, 5.74) is 1.38. The number of rotatable bonds is 8. The summed E-state index contributed by atoms with van der Waals surface area (Å²) in [4.78, 5) is 37.0. The second-order valence-electron chi connectivity index (χ2n) is 6.21. The number of fused-ring (bicyclic) bond motifs is 1. The van der Waals surface area contributed by atoms with Gasteiger partial charge < -0.3 is 23.5 Å². The first-order valence-corrected chi connectivity index (χ1v) is 9.93. The molecule has 1 saturated heterocycles. The smallest absolute Gasteiger partial charge is 0.333 e. The molecular formula is C20H21NO7S. The maximum Gasteiger partial charge on any atom is 0.333 e. The van der Waals surface area contributed by atoms with E-state index in [1.54, 1.807) is 19.2 Å². The number of esters is 2. The highest BCUT2D eigenvalue weighted by molar-refractivity contribution is 8.04. The van der Waals surface area contributed by atoms with Crippen molar-refractivity contribution < 1.29 is 33.0 Å². The van der Waals surface area contributed by atoms with Gasteiger partial charge in [0, 0.05) is 23.6 Å². The molecule has 0 aliphatic carbocycles. The lowest BCUT2D eigenvalue weighted by Crippen LogP contribution is -2.27. The van der Waals surface area contributed by atoms with Crippen LogP contribution in [0.5, 0.6) is 5.75 Å². The van der Waals surface area contributed by atoms with Crippen molar-refractivity contribution in [1.82, 2.24) is 4.90 Å². The predicted molar refractivity (Wildman–Crippen MR) is 106 cm³/mol. The summed E-state index contributed by atoms with van der Waals surface area (Å²) in [6.45, 7) is 0.527. The number of furan rings is 1.